The Kier molecular flexibility index (Phi) is 4.42. The normalized spacial score (nSPS) is 15.5. The van der Waals surface area contributed by atoms with Crippen molar-refractivity contribution in [3.63, 3.8) is 0 Å². The summed E-state index contributed by atoms with van der Waals surface area (Å²) in [6.45, 7) is 0.724. The smallest absolute Gasteiger partial charge is 0.267 e. The molecule has 0 spiro atoms. The molecule has 1 amide bonds. The lowest BCUT2D eigenvalue weighted by Crippen LogP contribution is -2.25. The summed E-state index contributed by atoms with van der Waals surface area (Å²) in [7, 11) is 0. The van der Waals surface area contributed by atoms with E-state index >= 15 is 0 Å². The predicted molar refractivity (Wildman–Crippen MR) is 72.0 cm³/mol. The van der Waals surface area contributed by atoms with Crippen molar-refractivity contribution in [3.8, 4) is 0 Å². The Morgan fingerprint density at radius 1 is 1.47 bits per heavy atom. The number of carbonyl (C=O) groups is 1. The summed E-state index contributed by atoms with van der Waals surface area (Å²) < 4.78 is 0.901. The van der Waals surface area contributed by atoms with Crippen LogP contribution in [-0.2, 0) is 0 Å². The fourth-order valence-corrected chi connectivity index (χ4v) is 2.41. The van der Waals surface area contributed by atoms with E-state index in [-0.39, 0.29) is 5.91 Å². The molecule has 0 bridgehead atoms. The lowest BCUT2D eigenvalue weighted by Gasteiger charge is -2.12. The second-order valence-electron chi connectivity index (χ2n) is 4.35. The van der Waals surface area contributed by atoms with Gasteiger partial charge in [0.05, 0.1) is 0 Å². The second kappa shape index (κ2) is 6.05. The van der Waals surface area contributed by atoms with Crippen molar-refractivity contribution in [3.05, 3.63) is 34.1 Å². The fraction of sp³-hybridized carbons (Fsp3) is 0.462. The maximum Gasteiger partial charge on any atom is 0.267 e. The Balaban J connectivity index is 1.75. The molecule has 0 fully saturated rings. The summed E-state index contributed by atoms with van der Waals surface area (Å²) in [5.74, 6) is -0.0351. The van der Waals surface area contributed by atoms with E-state index in [1.54, 1.807) is 12.3 Å². The average Bonchev–Trinajstić information content (AvgIpc) is 2.77. The molecule has 92 valence electrons. The minimum atomic E-state index is -0.0351. The van der Waals surface area contributed by atoms with E-state index in [4.69, 9.17) is 0 Å². The number of nitrogens with one attached hydrogen (secondary N) is 2. The predicted octanol–water partition coefficient (Wildman–Crippen LogP) is 3.40. The highest BCUT2D eigenvalue weighted by atomic mass is 79.9. The second-order valence-corrected chi connectivity index (χ2v) is 5.26. The van der Waals surface area contributed by atoms with E-state index in [1.807, 2.05) is 0 Å². The van der Waals surface area contributed by atoms with Crippen molar-refractivity contribution in [2.24, 2.45) is 0 Å². The summed E-state index contributed by atoms with van der Waals surface area (Å²) in [4.78, 5) is 14.6. The van der Waals surface area contributed by atoms with Crippen LogP contribution in [0.15, 0.2) is 28.4 Å². The molecule has 1 heterocycles. The maximum atomic E-state index is 11.7. The number of aromatic amines is 1. The summed E-state index contributed by atoms with van der Waals surface area (Å²) in [5, 5.41) is 2.93. The van der Waals surface area contributed by atoms with Gasteiger partial charge in [0.25, 0.3) is 5.91 Å². The number of carbonyl (C=O) groups excluding carboxylic acids is 1. The summed E-state index contributed by atoms with van der Waals surface area (Å²) in [6, 6.07) is 1.79. The third kappa shape index (κ3) is 3.73. The van der Waals surface area contributed by atoms with Crippen molar-refractivity contribution >= 4 is 21.8 Å². The molecule has 0 saturated carbocycles. The van der Waals surface area contributed by atoms with Crippen molar-refractivity contribution in [2.45, 2.75) is 32.1 Å². The molecule has 0 aliphatic heterocycles. The van der Waals surface area contributed by atoms with E-state index in [2.05, 4.69) is 32.3 Å². The highest BCUT2D eigenvalue weighted by Crippen LogP contribution is 2.19. The molecule has 2 rings (SSSR count). The monoisotopic (exact) mass is 296 g/mol. The highest BCUT2D eigenvalue weighted by Gasteiger charge is 2.08. The van der Waals surface area contributed by atoms with Crippen LogP contribution in [0.3, 0.4) is 0 Å². The molecular formula is C13H17BrN2O. The van der Waals surface area contributed by atoms with Crippen LogP contribution in [0.2, 0.25) is 0 Å². The Labute approximate surface area is 110 Å². The van der Waals surface area contributed by atoms with Gasteiger partial charge in [-0.1, -0.05) is 11.6 Å². The molecule has 17 heavy (non-hydrogen) atoms. The molecule has 0 saturated heterocycles. The summed E-state index contributed by atoms with van der Waals surface area (Å²) in [6.07, 6.45) is 10.1. The van der Waals surface area contributed by atoms with Gasteiger partial charge in [0.1, 0.15) is 5.69 Å². The first-order valence-electron chi connectivity index (χ1n) is 6.06. The first-order chi connectivity index (χ1) is 8.25. The van der Waals surface area contributed by atoms with Crippen LogP contribution in [0.1, 0.15) is 42.6 Å². The number of H-pyrrole nitrogens is 1. The number of amides is 1. The lowest BCUT2D eigenvalue weighted by atomic mass is 9.97. The van der Waals surface area contributed by atoms with Crippen molar-refractivity contribution in [1.29, 1.82) is 0 Å². The Morgan fingerprint density at radius 2 is 2.35 bits per heavy atom. The molecule has 0 aromatic carbocycles. The zero-order valence-corrected chi connectivity index (χ0v) is 11.3. The quantitative estimate of drug-likeness (QED) is 0.822. The van der Waals surface area contributed by atoms with Crippen molar-refractivity contribution < 1.29 is 4.79 Å². The summed E-state index contributed by atoms with van der Waals surface area (Å²) >= 11 is 3.31. The molecule has 2 N–H and O–H groups in total. The van der Waals surface area contributed by atoms with E-state index in [0.717, 1.165) is 17.4 Å². The molecule has 0 radical (unpaired) electrons. The van der Waals surface area contributed by atoms with E-state index in [9.17, 15) is 4.79 Å². The van der Waals surface area contributed by atoms with Gasteiger partial charge < -0.3 is 10.3 Å². The zero-order valence-electron chi connectivity index (χ0n) is 9.76. The van der Waals surface area contributed by atoms with Gasteiger partial charge in [0.2, 0.25) is 0 Å². The minimum absolute atomic E-state index is 0.0351. The maximum absolute atomic E-state index is 11.7. The first kappa shape index (κ1) is 12.4. The molecule has 1 aromatic rings. The van der Waals surface area contributed by atoms with Gasteiger partial charge in [-0.2, -0.15) is 0 Å². The highest BCUT2D eigenvalue weighted by molar-refractivity contribution is 9.10. The SMILES string of the molecule is O=C(NCCC1=CCCCC1)c1cc(Br)c[nH]1. The van der Waals surface area contributed by atoms with Gasteiger partial charge in [-0.15, -0.1) is 0 Å². The van der Waals surface area contributed by atoms with E-state index in [0.29, 0.717) is 5.69 Å². The van der Waals surface area contributed by atoms with Crippen LogP contribution in [0.4, 0.5) is 0 Å². The third-order valence-corrected chi connectivity index (χ3v) is 3.47. The van der Waals surface area contributed by atoms with Crippen LogP contribution >= 0.6 is 15.9 Å². The first-order valence-corrected chi connectivity index (χ1v) is 6.85. The minimum Gasteiger partial charge on any atom is -0.356 e. The van der Waals surface area contributed by atoms with Crippen LogP contribution < -0.4 is 5.32 Å². The molecular weight excluding hydrogens is 280 g/mol. The number of aromatic nitrogens is 1. The molecule has 1 aromatic heterocycles. The van der Waals surface area contributed by atoms with Crippen molar-refractivity contribution in [2.75, 3.05) is 6.54 Å². The van der Waals surface area contributed by atoms with Crippen LogP contribution in [0.5, 0.6) is 0 Å². The topological polar surface area (TPSA) is 44.9 Å². The molecule has 4 heteroatoms. The van der Waals surface area contributed by atoms with Crippen LogP contribution in [-0.4, -0.2) is 17.4 Å². The number of rotatable bonds is 4. The number of hydrogen-bond donors (Lipinski definition) is 2. The Morgan fingerprint density at radius 3 is 3.00 bits per heavy atom. The number of halogens is 1. The lowest BCUT2D eigenvalue weighted by molar-refractivity contribution is 0.0949. The molecule has 1 aliphatic rings. The molecule has 0 unspecified atom stereocenters. The largest absolute Gasteiger partial charge is 0.356 e. The van der Waals surface area contributed by atoms with Crippen LogP contribution in [0.25, 0.3) is 0 Å². The van der Waals surface area contributed by atoms with Gasteiger partial charge >= 0.3 is 0 Å². The Hall–Kier alpha value is -1.03. The van der Waals surface area contributed by atoms with Crippen LogP contribution in [0, 0.1) is 0 Å². The number of hydrogen-bond acceptors (Lipinski definition) is 1. The van der Waals surface area contributed by atoms with E-state index in [1.165, 1.54) is 31.3 Å². The van der Waals surface area contributed by atoms with Gasteiger partial charge in [-0.3, -0.25) is 4.79 Å². The van der Waals surface area contributed by atoms with E-state index < -0.39 is 0 Å². The van der Waals surface area contributed by atoms with Crippen molar-refractivity contribution in [1.82, 2.24) is 10.3 Å². The summed E-state index contributed by atoms with van der Waals surface area (Å²) in [5.41, 5.74) is 2.10. The average molecular weight is 297 g/mol. The fourth-order valence-electron chi connectivity index (χ4n) is 2.06. The van der Waals surface area contributed by atoms with Gasteiger partial charge in [0, 0.05) is 17.2 Å². The van der Waals surface area contributed by atoms with Gasteiger partial charge in [-0.25, -0.2) is 0 Å². The Bertz CT molecular complexity index is 423. The number of allylic oxidation sites excluding steroid dienone is 1. The third-order valence-electron chi connectivity index (χ3n) is 3.01. The molecule has 0 atom stereocenters. The molecule has 1 aliphatic carbocycles. The van der Waals surface area contributed by atoms with Gasteiger partial charge in [-0.05, 0) is 54.1 Å². The zero-order chi connectivity index (χ0) is 12.1. The molecule has 3 nitrogen and oxygen atoms in total. The standard InChI is InChI=1S/C13H17BrN2O/c14-11-8-12(16-9-11)13(17)15-7-6-10-4-2-1-3-5-10/h4,8-9,16H,1-3,5-7H2,(H,15,17). The van der Waals surface area contributed by atoms with Gasteiger partial charge in [0.15, 0.2) is 0 Å².